The molecular formula is C19H21N3O5. The van der Waals surface area contributed by atoms with E-state index in [1.54, 1.807) is 38.5 Å². The Kier molecular flexibility index (Phi) is 5.56. The van der Waals surface area contributed by atoms with Gasteiger partial charge < -0.3 is 14.8 Å². The van der Waals surface area contributed by atoms with Gasteiger partial charge in [0.25, 0.3) is 5.69 Å². The van der Waals surface area contributed by atoms with E-state index in [1.807, 2.05) is 17.0 Å². The maximum absolute atomic E-state index is 12.3. The molecule has 2 aromatic rings. The Morgan fingerprint density at radius 3 is 2.52 bits per heavy atom. The van der Waals surface area contributed by atoms with Crippen LogP contribution in [-0.2, 0) is 17.9 Å². The first-order chi connectivity index (χ1) is 13.0. The van der Waals surface area contributed by atoms with Crippen LogP contribution in [0.25, 0.3) is 0 Å². The molecular weight excluding hydrogens is 350 g/mol. The highest BCUT2D eigenvalue weighted by Gasteiger charge is 2.40. The number of amides is 1. The van der Waals surface area contributed by atoms with Crippen molar-refractivity contribution in [3.8, 4) is 11.5 Å². The predicted molar refractivity (Wildman–Crippen MR) is 98.7 cm³/mol. The van der Waals surface area contributed by atoms with Gasteiger partial charge in [0, 0.05) is 37.3 Å². The summed E-state index contributed by atoms with van der Waals surface area (Å²) in [4.78, 5) is 24.9. The Balaban J connectivity index is 1.56. The number of methoxy groups -OCH3 is 2. The second-order valence-electron chi connectivity index (χ2n) is 6.27. The molecule has 3 rings (SSSR count). The van der Waals surface area contributed by atoms with E-state index in [4.69, 9.17) is 9.47 Å². The summed E-state index contributed by atoms with van der Waals surface area (Å²) >= 11 is 0. The third-order valence-corrected chi connectivity index (χ3v) is 4.46. The van der Waals surface area contributed by atoms with E-state index >= 15 is 0 Å². The number of nitrogens with zero attached hydrogens (tertiary/aromatic N) is 2. The zero-order chi connectivity index (χ0) is 19.4. The summed E-state index contributed by atoms with van der Waals surface area (Å²) in [5.74, 6) is 1.26. The van der Waals surface area contributed by atoms with Crippen LogP contribution in [0.4, 0.5) is 5.69 Å². The highest BCUT2D eigenvalue weighted by atomic mass is 16.6. The standard InChI is InChI=1S/C19H21N3O5/c1-26-15-7-13(8-16(9-15)27-2)11-21-12-18(21)19(23)20-10-14-5-3-4-6-17(14)22(24)25/h3-9,18H,10-12H2,1-2H3,(H,20,23). The minimum absolute atomic E-state index is 0.00827. The van der Waals surface area contributed by atoms with Crippen LogP contribution in [-0.4, -0.2) is 42.5 Å². The van der Waals surface area contributed by atoms with Crippen molar-refractivity contribution in [2.45, 2.75) is 19.1 Å². The number of hydrogen-bond donors (Lipinski definition) is 1. The van der Waals surface area contributed by atoms with E-state index in [-0.39, 0.29) is 24.2 Å². The molecule has 27 heavy (non-hydrogen) atoms. The van der Waals surface area contributed by atoms with Gasteiger partial charge in [0.15, 0.2) is 0 Å². The van der Waals surface area contributed by atoms with Gasteiger partial charge in [0.1, 0.15) is 17.5 Å². The van der Waals surface area contributed by atoms with Crippen molar-refractivity contribution < 1.29 is 19.2 Å². The molecule has 142 valence electrons. The van der Waals surface area contributed by atoms with Crippen molar-refractivity contribution >= 4 is 11.6 Å². The zero-order valence-corrected chi connectivity index (χ0v) is 15.2. The fourth-order valence-electron chi connectivity index (χ4n) is 2.93. The lowest BCUT2D eigenvalue weighted by Crippen LogP contribution is -2.29. The first kappa shape index (κ1) is 18.7. The van der Waals surface area contributed by atoms with Crippen LogP contribution in [0.2, 0.25) is 0 Å². The van der Waals surface area contributed by atoms with E-state index in [9.17, 15) is 14.9 Å². The van der Waals surface area contributed by atoms with Crippen molar-refractivity contribution in [1.29, 1.82) is 0 Å². The summed E-state index contributed by atoms with van der Waals surface area (Å²) in [5.41, 5.74) is 1.48. The lowest BCUT2D eigenvalue weighted by atomic mass is 10.2. The van der Waals surface area contributed by atoms with E-state index < -0.39 is 4.92 Å². The molecule has 0 bridgehead atoms. The third-order valence-electron chi connectivity index (χ3n) is 4.46. The molecule has 1 aliphatic heterocycles. The van der Waals surface area contributed by atoms with Crippen LogP contribution in [0.1, 0.15) is 11.1 Å². The highest BCUT2D eigenvalue weighted by Crippen LogP contribution is 2.27. The number of nitro groups is 1. The largest absolute Gasteiger partial charge is 0.497 e. The number of nitro benzene ring substituents is 1. The number of benzene rings is 2. The first-order valence-electron chi connectivity index (χ1n) is 8.48. The molecule has 0 aromatic heterocycles. The smallest absolute Gasteiger partial charge is 0.274 e. The lowest BCUT2D eigenvalue weighted by molar-refractivity contribution is -0.385. The van der Waals surface area contributed by atoms with Gasteiger partial charge in [0.05, 0.1) is 19.1 Å². The fraction of sp³-hybridized carbons (Fsp3) is 0.316. The maximum Gasteiger partial charge on any atom is 0.274 e. The van der Waals surface area contributed by atoms with Crippen LogP contribution in [0.15, 0.2) is 42.5 Å². The van der Waals surface area contributed by atoms with Crippen LogP contribution in [0.3, 0.4) is 0 Å². The molecule has 1 saturated heterocycles. The second kappa shape index (κ2) is 8.05. The average Bonchev–Trinajstić information content (AvgIpc) is 3.44. The Hall–Kier alpha value is -3.13. The first-order valence-corrected chi connectivity index (χ1v) is 8.48. The Labute approximate surface area is 156 Å². The van der Waals surface area contributed by atoms with E-state index in [2.05, 4.69) is 5.32 Å². The Morgan fingerprint density at radius 2 is 1.89 bits per heavy atom. The number of para-hydroxylation sites is 1. The molecule has 8 heteroatoms. The molecule has 2 unspecified atom stereocenters. The molecule has 0 spiro atoms. The monoisotopic (exact) mass is 371 g/mol. The molecule has 1 amide bonds. The summed E-state index contributed by atoms with van der Waals surface area (Å²) in [7, 11) is 3.18. The predicted octanol–water partition coefficient (Wildman–Crippen LogP) is 2.11. The Bertz CT molecular complexity index is 833. The molecule has 1 fully saturated rings. The van der Waals surface area contributed by atoms with Gasteiger partial charge in [-0.2, -0.15) is 0 Å². The van der Waals surface area contributed by atoms with Gasteiger partial charge >= 0.3 is 0 Å². The van der Waals surface area contributed by atoms with Crippen molar-refractivity contribution in [1.82, 2.24) is 10.2 Å². The van der Waals surface area contributed by atoms with Gasteiger partial charge in [-0.3, -0.25) is 19.8 Å². The average molecular weight is 371 g/mol. The number of rotatable bonds is 8. The second-order valence-corrected chi connectivity index (χ2v) is 6.27. The summed E-state index contributed by atoms with van der Waals surface area (Å²) < 4.78 is 10.5. The molecule has 1 heterocycles. The summed E-state index contributed by atoms with van der Waals surface area (Å²) in [6.45, 7) is 1.37. The van der Waals surface area contributed by atoms with Crippen molar-refractivity contribution in [3.05, 3.63) is 63.7 Å². The van der Waals surface area contributed by atoms with Crippen molar-refractivity contribution in [3.63, 3.8) is 0 Å². The van der Waals surface area contributed by atoms with Crippen LogP contribution in [0.5, 0.6) is 11.5 Å². The fourth-order valence-corrected chi connectivity index (χ4v) is 2.93. The zero-order valence-electron chi connectivity index (χ0n) is 15.2. The van der Waals surface area contributed by atoms with Gasteiger partial charge in [0.2, 0.25) is 5.91 Å². The van der Waals surface area contributed by atoms with E-state index in [0.717, 1.165) is 5.56 Å². The molecule has 1 aliphatic rings. The SMILES string of the molecule is COc1cc(CN2CC2C(=O)NCc2ccccc2[N+](=O)[O-])cc(OC)c1. The van der Waals surface area contributed by atoms with Crippen LogP contribution in [0, 0.1) is 10.1 Å². The number of carbonyl (C=O) groups is 1. The van der Waals surface area contributed by atoms with E-state index in [1.165, 1.54) is 6.07 Å². The molecule has 2 aromatic carbocycles. The number of carbonyl (C=O) groups excluding carboxylic acids is 1. The minimum atomic E-state index is -0.443. The molecule has 0 aliphatic carbocycles. The lowest BCUT2D eigenvalue weighted by Gasteiger charge is -2.10. The maximum atomic E-state index is 12.3. The van der Waals surface area contributed by atoms with Gasteiger partial charge in [-0.1, -0.05) is 18.2 Å². The van der Waals surface area contributed by atoms with Gasteiger partial charge in [-0.05, 0) is 17.7 Å². The molecule has 0 radical (unpaired) electrons. The molecule has 2 atom stereocenters. The third kappa shape index (κ3) is 4.53. The van der Waals surface area contributed by atoms with E-state index in [0.29, 0.717) is 30.2 Å². The Morgan fingerprint density at radius 1 is 1.22 bits per heavy atom. The molecule has 0 saturated carbocycles. The molecule has 8 nitrogen and oxygen atoms in total. The quantitative estimate of drug-likeness (QED) is 0.434. The number of ether oxygens (including phenoxy) is 2. The van der Waals surface area contributed by atoms with Crippen molar-refractivity contribution in [2.75, 3.05) is 20.8 Å². The van der Waals surface area contributed by atoms with Crippen LogP contribution >= 0.6 is 0 Å². The number of hydrogen-bond acceptors (Lipinski definition) is 6. The van der Waals surface area contributed by atoms with Gasteiger partial charge in [-0.15, -0.1) is 0 Å². The molecule has 1 N–H and O–H groups in total. The van der Waals surface area contributed by atoms with Crippen molar-refractivity contribution in [2.24, 2.45) is 0 Å². The normalized spacial score (nSPS) is 17.9. The summed E-state index contributed by atoms with van der Waals surface area (Å²) in [6, 6.07) is 11.8. The summed E-state index contributed by atoms with van der Waals surface area (Å²) in [6.07, 6.45) is 0. The minimum Gasteiger partial charge on any atom is -0.497 e. The van der Waals surface area contributed by atoms with Crippen LogP contribution < -0.4 is 14.8 Å². The summed E-state index contributed by atoms with van der Waals surface area (Å²) in [5, 5.41) is 13.8. The van der Waals surface area contributed by atoms with Gasteiger partial charge in [-0.25, -0.2) is 0 Å². The number of nitrogens with one attached hydrogen (secondary N) is 1. The highest BCUT2D eigenvalue weighted by molar-refractivity contribution is 5.84. The topological polar surface area (TPSA) is 93.7 Å².